The van der Waals surface area contributed by atoms with Crippen molar-refractivity contribution in [1.82, 2.24) is 75.4 Å². The van der Waals surface area contributed by atoms with Gasteiger partial charge in [0.05, 0.1) is 82.8 Å². The van der Waals surface area contributed by atoms with Gasteiger partial charge in [0.25, 0.3) is 0 Å². The number of hydrogen-bond donors (Lipinski definition) is 0. The van der Waals surface area contributed by atoms with Gasteiger partial charge in [0.2, 0.25) is 23.1 Å². The molecule has 0 atom stereocenters. The van der Waals surface area contributed by atoms with E-state index in [-0.39, 0.29) is 84.3 Å². The summed E-state index contributed by atoms with van der Waals surface area (Å²) in [6.45, 7) is 8.04. The second-order valence-electron chi connectivity index (χ2n) is 35.4. The minimum atomic E-state index is 0. The fourth-order valence-corrected chi connectivity index (χ4v) is 19.5. The van der Waals surface area contributed by atoms with Crippen LogP contribution in [0.1, 0.15) is 0 Å². The molecule has 17 aromatic carbocycles. The molecule has 25 aromatic rings. The largest absolute Gasteiger partial charge is 0.510 e. The predicted octanol–water partition coefficient (Wildman–Crippen LogP) is 26.2. The Morgan fingerprint density at radius 2 is 0.530 bits per heavy atom. The summed E-state index contributed by atoms with van der Waals surface area (Å²) >= 11 is 0. The van der Waals surface area contributed by atoms with E-state index in [1.807, 2.05) is 273 Å². The van der Waals surface area contributed by atoms with Crippen molar-refractivity contribution in [3.63, 3.8) is 0 Å². The number of ether oxygens (including phenoxy) is 2. The quantitative estimate of drug-likeness (QED) is 0.0848. The number of fused-ring (bicyclic) bond motifs is 20. The van der Waals surface area contributed by atoms with Crippen LogP contribution in [-0.2, 0) is 84.3 Å². The van der Waals surface area contributed by atoms with Gasteiger partial charge in [-0.1, -0.05) is 143 Å². The zero-order chi connectivity index (χ0) is 96.7. The maximum atomic E-state index is 6.35. The summed E-state index contributed by atoms with van der Waals surface area (Å²) in [5.41, 5.74) is 28.9. The molecular formula is C122H85N21O2Pt4-12. The maximum absolute atomic E-state index is 6.35. The van der Waals surface area contributed by atoms with E-state index in [0.717, 1.165) is 185 Å². The first-order chi connectivity index (χ1) is 71.5. The molecule has 0 radical (unpaired) electrons. The van der Waals surface area contributed by atoms with Crippen molar-refractivity contribution in [2.24, 2.45) is 0 Å². The van der Waals surface area contributed by atoms with E-state index in [1.165, 1.54) is 0 Å². The number of aromatic nitrogens is 12. The Bertz CT molecular complexity index is 9440. The molecule has 0 saturated heterocycles. The molecule has 23 nitrogen and oxygen atoms in total. The van der Waals surface area contributed by atoms with Crippen LogP contribution in [0.25, 0.3) is 145 Å². The van der Waals surface area contributed by atoms with Crippen molar-refractivity contribution in [3.05, 3.63) is 495 Å². The summed E-state index contributed by atoms with van der Waals surface area (Å²) in [5.74, 6) is 5.96. The molecule has 742 valence electrons. The third-order valence-corrected chi connectivity index (χ3v) is 25.9. The number of anilines is 7. The Morgan fingerprint density at radius 1 is 0.235 bits per heavy atom. The molecule has 0 aliphatic carbocycles. The zero-order valence-corrected chi connectivity index (χ0v) is 89.2. The van der Waals surface area contributed by atoms with E-state index in [1.54, 1.807) is 0 Å². The number of hydrogen-bond acceptors (Lipinski definition) is 15. The Balaban J connectivity index is 0.000000112. The van der Waals surface area contributed by atoms with Crippen molar-refractivity contribution in [2.45, 2.75) is 0 Å². The van der Waals surface area contributed by atoms with Gasteiger partial charge in [-0.15, -0.1) is 126 Å². The van der Waals surface area contributed by atoms with Gasteiger partial charge in [-0.05, 0) is 193 Å². The molecule has 0 spiro atoms. The van der Waals surface area contributed by atoms with Crippen LogP contribution in [0, 0.1) is 75.2 Å². The standard InChI is InChI=1S/C35H25N6.2C29H20N5O.C29H20N5.4Pt/c1-37-21-22-38(25-37)27-13-9-14-28(23-27)39(26-11-3-2-4-12-26)29-15-10-16-30(24-29)40-33-19-7-8-20-34(33)41-32-18-6-5-17-31(32)36-35(40)41;1-31-16-17-32(20-31)21-8-6-10-23(18-21)35-24-11-7-9-22(19-24)33-27-14-4-5-15-28(27)34-26-13-3-2-12-25(26)30-29(33)34;1-31-17-18-32(20-31)22-11-7-12-23(19-22)35-27-16-8-15-26-28(27)30-29-33(21-9-3-2-4-10-21)24-13-5-6-14-25(24)34(26)29;1-31-16-17-32(20-31)23-10-6-8-21(18-23)22-9-7-11-24(19-22)33-27-14-4-5-15-28(27)34-26-13-3-2-12-25(26)30-29(33)34;;;;/h2-22,25H,1H3;2-17,20H,1H3;2-9,11-18,20H,1H3;2-17,20H,1H3;;;;/q4*-3;;;;. The molecule has 149 heavy (non-hydrogen) atoms. The number of benzene rings is 17. The molecule has 4 aliphatic heterocycles. The molecule has 0 unspecified atom stereocenters. The van der Waals surface area contributed by atoms with Crippen molar-refractivity contribution in [3.8, 4) is 56.9 Å². The molecular weight excluding hydrogens is 2570 g/mol. The van der Waals surface area contributed by atoms with E-state index in [0.29, 0.717) is 23.0 Å². The Labute approximate surface area is 916 Å². The van der Waals surface area contributed by atoms with E-state index in [4.69, 9.17) is 29.4 Å². The van der Waals surface area contributed by atoms with Gasteiger partial charge in [-0.2, -0.15) is 118 Å². The van der Waals surface area contributed by atoms with Gasteiger partial charge in [0, 0.05) is 107 Å². The first-order valence-electron chi connectivity index (χ1n) is 47.5. The average Bonchev–Trinajstić information content (AvgIpc) is 1.57. The van der Waals surface area contributed by atoms with E-state index >= 15 is 0 Å². The Hall–Kier alpha value is -16.7. The summed E-state index contributed by atoms with van der Waals surface area (Å²) in [4.78, 5) is 38.4. The van der Waals surface area contributed by atoms with Gasteiger partial charge >= 0.3 is 0 Å². The molecule has 0 saturated carbocycles. The smallest absolute Gasteiger partial charge is 0.219 e. The van der Waals surface area contributed by atoms with E-state index in [9.17, 15) is 0 Å². The summed E-state index contributed by atoms with van der Waals surface area (Å²) < 4.78 is 30.0. The van der Waals surface area contributed by atoms with Crippen molar-refractivity contribution in [1.29, 1.82) is 0 Å². The number of imidazole rings is 8. The Morgan fingerprint density at radius 3 is 0.946 bits per heavy atom. The van der Waals surface area contributed by atoms with Gasteiger partial charge < -0.3 is 67.3 Å². The molecule has 12 heterocycles. The minimum Gasteiger partial charge on any atom is -0.510 e. The normalized spacial score (nSPS) is 13.1. The zero-order valence-electron chi connectivity index (χ0n) is 80.1. The molecule has 8 aromatic heterocycles. The van der Waals surface area contributed by atoms with Crippen molar-refractivity contribution >= 4 is 151 Å². The van der Waals surface area contributed by atoms with Crippen LogP contribution >= 0.6 is 0 Å². The Kier molecular flexibility index (Phi) is 26.9. The molecule has 27 heteroatoms. The van der Waals surface area contributed by atoms with Crippen LogP contribution in [0.3, 0.4) is 0 Å². The van der Waals surface area contributed by atoms with E-state index < -0.39 is 0 Å². The average molecular weight is 2660 g/mol. The molecule has 4 aliphatic rings. The van der Waals surface area contributed by atoms with Crippen LogP contribution in [0.5, 0.6) is 23.0 Å². The van der Waals surface area contributed by atoms with Crippen molar-refractivity contribution in [2.75, 3.05) is 52.7 Å². The second-order valence-corrected chi connectivity index (χ2v) is 35.4. The summed E-state index contributed by atoms with van der Waals surface area (Å²) in [6.07, 6.45) is 16.1. The topological polar surface area (TPSA) is 137 Å². The van der Waals surface area contributed by atoms with Gasteiger partial charge in [0.15, 0.2) is 5.75 Å². The van der Waals surface area contributed by atoms with Gasteiger partial charge in [-0.3, -0.25) is 22.2 Å². The van der Waals surface area contributed by atoms with Crippen LogP contribution in [0.4, 0.5) is 39.8 Å². The molecule has 29 rings (SSSR count). The first-order valence-corrected chi connectivity index (χ1v) is 47.5. The first kappa shape index (κ1) is 97.1. The summed E-state index contributed by atoms with van der Waals surface area (Å²) in [5, 5.41) is 0. The minimum absolute atomic E-state index is 0. The third kappa shape index (κ3) is 18.1. The monoisotopic (exact) mass is 2660 g/mol. The maximum Gasteiger partial charge on any atom is 0.219 e. The molecule has 0 bridgehead atoms. The third-order valence-electron chi connectivity index (χ3n) is 25.9. The van der Waals surface area contributed by atoms with Crippen LogP contribution in [-0.4, -0.2) is 104 Å². The summed E-state index contributed by atoms with van der Waals surface area (Å²) in [7, 11) is 8.01. The van der Waals surface area contributed by atoms with Crippen molar-refractivity contribution < 1.29 is 93.7 Å². The molecule has 0 amide bonds. The van der Waals surface area contributed by atoms with Gasteiger partial charge in [-0.25, -0.2) is 31.1 Å². The molecule has 0 N–H and O–H groups in total. The number of para-hydroxylation sites is 17. The SMILES string of the molecule is CN1C=CN(c2[c-]c(-c3[c-]c(-n4c5ccccc5n5c6ccccc6nc45)ccc3)ccc2)[CH-]1.CN1C=CN(c2[c-]c(N(c3[c-]c(-n4c5ccccc5n5c6ccccc6nc45)ccc3)c3ccccc3)ccc2)[CH-]1.CN1C=CN(c2[c-]c(Oc3[c-]c(-n4c5ccccc5n5c6ccccc6nc45)ccc3)ccc2)[CH-]1.CN1C=CN(c2[c-]c(Oc3cccc4c3nc3n(-c5[c-]cccc5)c5ccccc5n43)ccc2)[CH-]1.[Pt].[Pt].[Pt].[Pt]. The predicted molar refractivity (Wildman–Crippen MR) is 577 cm³/mol. The van der Waals surface area contributed by atoms with E-state index in [2.05, 4.69) is 330 Å². The fourth-order valence-electron chi connectivity index (χ4n) is 19.5. The van der Waals surface area contributed by atoms with Crippen LogP contribution in [0.2, 0.25) is 0 Å². The summed E-state index contributed by atoms with van der Waals surface area (Å²) in [6, 6.07) is 153. The number of nitrogens with zero attached hydrogens (tertiary/aromatic N) is 21. The van der Waals surface area contributed by atoms with Crippen LogP contribution in [0.15, 0.2) is 420 Å². The number of rotatable bonds is 16. The van der Waals surface area contributed by atoms with Crippen LogP contribution < -0.4 is 34.0 Å². The molecule has 0 fully saturated rings. The second kappa shape index (κ2) is 41.3. The van der Waals surface area contributed by atoms with Gasteiger partial charge in [0.1, 0.15) is 5.52 Å². The fraction of sp³-hybridized carbons (Fsp3) is 0.0328.